The lowest BCUT2D eigenvalue weighted by Crippen LogP contribution is -2.52. The van der Waals surface area contributed by atoms with Gasteiger partial charge >= 0.3 is 0 Å². The number of hydrogen-bond donors (Lipinski definition) is 1. The third-order valence-corrected chi connectivity index (χ3v) is 10.5. The van der Waals surface area contributed by atoms with Crippen LogP contribution in [0.3, 0.4) is 0 Å². The highest BCUT2D eigenvalue weighted by atomic mass is 16.3. The minimum Gasteiger partial charge on any atom is -0.392 e. The molecule has 9 atom stereocenters. The van der Waals surface area contributed by atoms with E-state index in [4.69, 9.17) is 0 Å². The highest BCUT2D eigenvalue weighted by molar-refractivity contribution is 5.92. The quantitative estimate of drug-likeness (QED) is 0.559. The molecule has 5 heteroatoms. The van der Waals surface area contributed by atoms with E-state index in [0.717, 1.165) is 43.9 Å². The SMILES string of the molecule is CC(=O)c1ccn(CC(=O)C2CCC3C4CC=C5C(CCC6CC(O)C56)C4CCC23C)n1. The number of aliphatic hydroxyl groups excluding tert-OH is 1. The first-order valence-electron chi connectivity index (χ1n) is 12.8. The van der Waals surface area contributed by atoms with Crippen molar-refractivity contribution < 1.29 is 14.7 Å². The van der Waals surface area contributed by atoms with Gasteiger partial charge in [0.05, 0.1) is 12.6 Å². The summed E-state index contributed by atoms with van der Waals surface area (Å²) in [6, 6.07) is 1.71. The van der Waals surface area contributed by atoms with E-state index in [-0.39, 0.29) is 35.5 Å². The van der Waals surface area contributed by atoms with Crippen molar-refractivity contribution in [2.75, 3.05) is 0 Å². The zero-order valence-corrected chi connectivity index (χ0v) is 19.4. The van der Waals surface area contributed by atoms with E-state index in [9.17, 15) is 14.7 Å². The molecule has 0 radical (unpaired) electrons. The van der Waals surface area contributed by atoms with Crippen molar-refractivity contribution in [1.82, 2.24) is 9.78 Å². The van der Waals surface area contributed by atoms with Gasteiger partial charge in [0, 0.05) is 25.0 Å². The van der Waals surface area contributed by atoms with Gasteiger partial charge in [-0.25, -0.2) is 0 Å². The van der Waals surface area contributed by atoms with Gasteiger partial charge in [-0.3, -0.25) is 14.3 Å². The molecule has 5 nitrogen and oxygen atoms in total. The van der Waals surface area contributed by atoms with Crippen molar-refractivity contribution in [1.29, 1.82) is 0 Å². The van der Waals surface area contributed by atoms with Gasteiger partial charge in [0.1, 0.15) is 5.69 Å². The summed E-state index contributed by atoms with van der Waals surface area (Å²) in [5.41, 5.74) is 2.13. The monoisotopic (exact) mass is 436 g/mol. The summed E-state index contributed by atoms with van der Waals surface area (Å²) in [6.07, 6.45) is 13.5. The first kappa shape index (κ1) is 20.8. The predicted molar refractivity (Wildman–Crippen MR) is 121 cm³/mol. The van der Waals surface area contributed by atoms with Crippen molar-refractivity contribution in [3.63, 3.8) is 0 Å². The number of aromatic nitrogens is 2. The molecule has 4 saturated carbocycles. The van der Waals surface area contributed by atoms with Crippen LogP contribution in [0.15, 0.2) is 23.9 Å². The lowest BCUT2D eigenvalue weighted by atomic mass is 9.48. The van der Waals surface area contributed by atoms with Crippen LogP contribution in [0.1, 0.15) is 75.7 Å². The molecule has 9 unspecified atom stereocenters. The van der Waals surface area contributed by atoms with Crippen molar-refractivity contribution >= 4 is 11.6 Å². The molecule has 0 spiro atoms. The zero-order valence-electron chi connectivity index (χ0n) is 19.4. The summed E-state index contributed by atoms with van der Waals surface area (Å²) in [5, 5.41) is 14.7. The fourth-order valence-electron chi connectivity index (χ4n) is 8.93. The molecular formula is C27H36N2O3. The summed E-state index contributed by atoms with van der Waals surface area (Å²) in [4.78, 5) is 24.9. The molecule has 0 saturated heterocycles. The smallest absolute Gasteiger partial charge is 0.179 e. The predicted octanol–water partition coefficient (Wildman–Crippen LogP) is 4.45. The molecule has 32 heavy (non-hydrogen) atoms. The Morgan fingerprint density at radius 1 is 1.19 bits per heavy atom. The summed E-state index contributed by atoms with van der Waals surface area (Å²) in [7, 11) is 0. The van der Waals surface area contributed by atoms with Gasteiger partial charge in [0.15, 0.2) is 11.6 Å². The lowest BCUT2D eigenvalue weighted by molar-refractivity contribution is -0.130. The number of Topliss-reactive ketones (excluding diaryl/α,β-unsaturated/α-hetero) is 2. The number of rotatable bonds is 4. The Labute approximate surface area is 190 Å². The number of aliphatic hydroxyl groups is 1. The number of hydrogen-bond acceptors (Lipinski definition) is 4. The molecule has 0 amide bonds. The van der Waals surface area contributed by atoms with Crippen LogP contribution >= 0.6 is 0 Å². The van der Waals surface area contributed by atoms with Crippen LogP contribution in [0.2, 0.25) is 0 Å². The van der Waals surface area contributed by atoms with Crippen LogP contribution in [0.25, 0.3) is 0 Å². The standard InChI is InChI=1S/C27H36N2O3/c1-15(30)23-10-12-29(28-23)14-25(32)22-8-7-21-19-5-6-20-17(18(19)9-11-27(21,22)2)4-3-16-13-24(31)26(16)20/h6,10,12,16-19,21-22,24,26,31H,3-5,7-9,11,13-14H2,1-2H3. The fourth-order valence-corrected chi connectivity index (χ4v) is 8.93. The Morgan fingerprint density at radius 2 is 2.03 bits per heavy atom. The third-order valence-electron chi connectivity index (χ3n) is 10.5. The number of nitrogens with zero attached hydrogens (tertiary/aromatic N) is 2. The molecule has 1 aromatic rings. The molecule has 6 rings (SSSR count). The molecule has 0 bridgehead atoms. The van der Waals surface area contributed by atoms with Crippen LogP contribution in [0, 0.1) is 46.8 Å². The van der Waals surface area contributed by atoms with Gasteiger partial charge in [-0.05, 0) is 92.4 Å². The summed E-state index contributed by atoms with van der Waals surface area (Å²) >= 11 is 0. The minimum absolute atomic E-state index is 0.0596. The Balaban J connectivity index is 1.20. The van der Waals surface area contributed by atoms with E-state index < -0.39 is 0 Å². The van der Waals surface area contributed by atoms with Crippen molar-refractivity contribution in [2.24, 2.45) is 46.8 Å². The lowest BCUT2D eigenvalue weighted by Gasteiger charge is -2.57. The van der Waals surface area contributed by atoms with Gasteiger partial charge in [-0.1, -0.05) is 18.6 Å². The molecule has 0 aromatic carbocycles. The van der Waals surface area contributed by atoms with Gasteiger partial charge in [-0.15, -0.1) is 0 Å². The fraction of sp³-hybridized carbons (Fsp3) is 0.741. The Bertz CT molecular complexity index is 979. The molecule has 5 aliphatic carbocycles. The number of allylic oxidation sites excluding steroid dienone is 1. The second kappa shape index (κ2) is 7.38. The Kier molecular flexibility index (Phi) is 4.80. The van der Waals surface area contributed by atoms with Gasteiger partial charge in [0.25, 0.3) is 0 Å². The number of ketones is 2. The largest absolute Gasteiger partial charge is 0.392 e. The van der Waals surface area contributed by atoms with Gasteiger partial charge < -0.3 is 5.11 Å². The van der Waals surface area contributed by atoms with E-state index in [0.29, 0.717) is 29.4 Å². The molecule has 172 valence electrons. The number of fused-ring (bicyclic) bond motifs is 7. The van der Waals surface area contributed by atoms with Crippen LogP contribution < -0.4 is 0 Å². The van der Waals surface area contributed by atoms with Crippen LogP contribution in [0.5, 0.6) is 0 Å². The maximum absolute atomic E-state index is 13.4. The Morgan fingerprint density at radius 3 is 2.78 bits per heavy atom. The van der Waals surface area contributed by atoms with E-state index in [1.54, 1.807) is 22.5 Å². The van der Waals surface area contributed by atoms with Crippen molar-refractivity contribution in [3.05, 3.63) is 29.6 Å². The first-order chi connectivity index (χ1) is 15.4. The molecule has 0 aliphatic heterocycles. The normalized spacial score (nSPS) is 44.4. The number of carbonyl (C=O) groups is 2. The summed E-state index contributed by atoms with van der Waals surface area (Å²) in [6.45, 7) is 4.18. The van der Waals surface area contributed by atoms with E-state index >= 15 is 0 Å². The van der Waals surface area contributed by atoms with Crippen molar-refractivity contribution in [2.45, 2.75) is 77.9 Å². The number of carbonyl (C=O) groups excluding carboxylic acids is 2. The maximum Gasteiger partial charge on any atom is 0.179 e. The molecule has 1 aromatic heterocycles. The topological polar surface area (TPSA) is 72.2 Å². The van der Waals surface area contributed by atoms with Gasteiger partial charge in [0.2, 0.25) is 0 Å². The summed E-state index contributed by atoms with van der Waals surface area (Å²) in [5.74, 6) is 4.27. The average Bonchev–Trinajstić information content (AvgIpc) is 3.36. The van der Waals surface area contributed by atoms with Gasteiger partial charge in [-0.2, -0.15) is 5.10 Å². The van der Waals surface area contributed by atoms with Crippen LogP contribution in [-0.4, -0.2) is 32.6 Å². The van der Waals surface area contributed by atoms with E-state index in [1.165, 1.54) is 26.2 Å². The molecule has 1 N–H and O–H groups in total. The molecule has 4 fully saturated rings. The zero-order chi connectivity index (χ0) is 22.2. The third kappa shape index (κ3) is 2.96. The second-order valence-electron chi connectivity index (χ2n) is 11.7. The highest BCUT2D eigenvalue weighted by Gasteiger charge is 2.59. The molecule has 1 heterocycles. The Hall–Kier alpha value is -1.75. The van der Waals surface area contributed by atoms with E-state index in [1.807, 2.05) is 0 Å². The average molecular weight is 437 g/mol. The minimum atomic E-state index is -0.0984. The second-order valence-corrected chi connectivity index (χ2v) is 11.7. The van der Waals surface area contributed by atoms with Crippen LogP contribution in [0.4, 0.5) is 0 Å². The summed E-state index contributed by atoms with van der Waals surface area (Å²) < 4.78 is 1.65. The molecular weight excluding hydrogens is 400 g/mol. The van der Waals surface area contributed by atoms with Crippen LogP contribution in [-0.2, 0) is 11.3 Å². The highest BCUT2D eigenvalue weighted by Crippen LogP contribution is 2.65. The molecule has 5 aliphatic rings. The first-order valence-corrected chi connectivity index (χ1v) is 12.8. The van der Waals surface area contributed by atoms with E-state index in [2.05, 4.69) is 18.1 Å². The maximum atomic E-state index is 13.4. The van der Waals surface area contributed by atoms with Crippen molar-refractivity contribution in [3.8, 4) is 0 Å².